The number of hydrogen-bond acceptors (Lipinski definition) is 1. The van der Waals surface area contributed by atoms with Gasteiger partial charge in [0.05, 0.1) is 5.52 Å². The van der Waals surface area contributed by atoms with E-state index >= 15 is 0 Å². The molecule has 4 aromatic rings. The zero-order valence-corrected chi connectivity index (χ0v) is 16.2. The van der Waals surface area contributed by atoms with E-state index < -0.39 is 0 Å². The van der Waals surface area contributed by atoms with Crippen LogP contribution in [-0.2, 0) is 6.42 Å². The van der Waals surface area contributed by atoms with Gasteiger partial charge in [0.25, 0.3) is 0 Å². The molecular formula is C18H14ClIN2S. The highest BCUT2D eigenvalue weighted by molar-refractivity contribution is 14.2. The third-order valence-corrected chi connectivity index (χ3v) is 6.33. The molecule has 2 heterocycles. The molecule has 0 aliphatic rings. The van der Waals surface area contributed by atoms with E-state index in [4.69, 9.17) is 11.6 Å². The molecule has 0 saturated heterocycles. The Morgan fingerprint density at radius 3 is 2.83 bits per heavy atom. The van der Waals surface area contributed by atoms with E-state index in [9.17, 15) is 0 Å². The van der Waals surface area contributed by atoms with Gasteiger partial charge in [0, 0.05) is 69.9 Å². The van der Waals surface area contributed by atoms with Gasteiger partial charge in [-0.3, -0.25) is 3.97 Å². The van der Waals surface area contributed by atoms with Crippen molar-refractivity contribution in [1.29, 1.82) is 0 Å². The molecule has 0 aliphatic carbocycles. The number of benzene rings is 2. The summed E-state index contributed by atoms with van der Waals surface area (Å²) in [6, 6.07) is 14.6. The SMILES string of the molecule is Cc1c(Cc2c[nH]c3ccc(Cl)cc23)n(SI)c2ccccc12. The van der Waals surface area contributed by atoms with Crippen molar-refractivity contribution in [3.05, 3.63) is 70.5 Å². The first-order chi connectivity index (χ1) is 11.2. The molecule has 0 fully saturated rings. The van der Waals surface area contributed by atoms with Crippen LogP contribution >= 0.6 is 41.9 Å². The van der Waals surface area contributed by atoms with Crippen molar-refractivity contribution in [2.24, 2.45) is 0 Å². The molecule has 1 N–H and O–H groups in total. The predicted molar refractivity (Wildman–Crippen MR) is 110 cm³/mol. The monoisotopic (exact) mass is 452 g/mol. The number of aryl methyl sites for hydroxylation is 1. The summed E-state index contributed by atoms with van der Waals surface area (Å²) in [5.74, 6) is 0. The lowest BCUT2D eigenvalue weighted by atomic mass is 10.1. The van der Waals surface area contributed by atoms with Crippen LogP contribution in [0.4, 0.5) is 0 Å². The van der Waals surface area contributed by atoms with Crippen molar-refractivity contribution < 1.29 is 0 Å². The molecule has 5 heteroatoms. The first-order valence-electron chi connectivity index (χ1n) is 7.32. The lowest BCUT2D eigenvalue weighted by Crippen LogP contribution is -1.96. The average molecular weight is 453 g/mol. The summed E-state index contributed by atoms with van der Waals surface area (Å²) in [7, 11) is 1.73. The first-order valence-corrected chi connectivity index (χ1v) is 11.0. The molecule has 0 atom stereocenters. The molecule has 23 heavy (non-hydrogen) atoms. The third-order valence-electron chi connectivity index (χ3n) is 4.36. The summed E-state index contributed by atoms with van der Waals surface area (Å²) >= 11 is 8.54. The number of H-pyrrole nitrogens is 1. The van der Waals surface area contributed by atoms with Gasteiger partial charge >= 0.3 is 0 Å². The van der Waals surface area contributed by atoms with Gasteiger partial charge in [-0.25, -0.2) is 0 Å². The van der Waals surface area contributed by atoms with Gasteiger partial charge in [-0.05, 0) is 42.3 Å². The van der Waals surface area contributed by atoms with Crippen molar-refractivity contribution in [2.75, 3.05) is 0 Å². The molecule has 116 valence electrons. The van der Waals surface area contributed by atoms with Gasteiger partial charge in [0.2, 0.25) is 0 Å². The summed E-state index contributed by atoms with van der Waals surface area (Å²) < 4.78 is 2.33. The second-order valence-corrected chi connectivity index (χ2v) is 7.75. The molecule has 4 rings (SSSR count). The molecule has 2 aromatic carbocycles. The van der Waals surface area contributed by atoms with Gasteiger partial charge in [-0.1, -0.05) is 29.8 Å². The summed E-state index contributed by atoms with van der Waals surface area (Å²) in [5.41, 5.74) is 6.37. The number of nitrogens with zero attached hydrogens (tertiary/aromatic N) is 1. The van der Waals surface area contributed by atoms with Crippen LogP contribution in [0.1, 0.15) is 16.8 Å². The molecule has 0 spiro atoms. The highest BCUT2D eigenvalue weighted by Gasteiger charge is 2.16. The second-order valence-electron chi connectivity index (χ2n) is 5.63. The van der Waals surface area contributed by atoms with E-state index in [0.717, 1.165) is 17.0 Å². The molecule has 0 amide bonds. The Bertz CT molecular complexity index is 1020. The zero-order valence-electron chi connectivity index (χ0n) is 12.4. The molecule has 2 nitrogen and oxygen atoms in total. The molecule has 2 aromatic heterocycles. The Balaban J connectivity index is 1.89. The number of fused-ring (bicyclic) bond motifs is 2. The summed E-state index contributed by atoms with van der Waals surface area (Å²) in [6.07, 6.45) is 2.98. The Kier molecular flexibility index (Phi) is 4.07. The van der Waals surface area contributed by atoms with E-state index in [0.29, 0.717) is 0 Å². The fourth-order valence-corrected chi connectivity index (χ4v) is 5.22. The van der Waals surface area contributed by atoms with Crippen LogP contribution in [0.5, 0.6) is 0 Å². The summed E-state index contributed by atoms with van der Waals surface area (Å²) in [5, 5.41) is 3.30. The number of aromatic nitrogens is 2. The maximum absolute atomic E-state index is 6.18. The van der Waals surface area contributed by atoms with Crippen molar-refractivity contribution in [3.63, 3.8) is 0 Å². The largest absolute Gasteiger partial charge is 0.361 e. The van der Waals surface area contributed by atoms with Crippen molar-refractivity contribution in [2.45, 2.75) is 13.3 Å². The van der Waals surface area contributed by atoms with Gasteiger partial charge < -0.3 is 4.98 Å². The lowest BCUT2D eigenvalue weighted by Gasteiger charge is -2.07. The molecule has 0 saturated carbocycles. The van der Waals surface area contributed by atoms with Crippen LogP contribution in [0.25, 0.3) is 21.8 Å². The van der Waals surface area contributed by atoms with Crippen LogP contribution in [0, 0.1) is 6.92 Å². The molecule has 0 radical (unpaired) electrons. The minimum absolute atomic E-state index is 0.777. The average Bonchev–Trinajstić information content (AvgIpc) is 3.08. The molecular weight excluding hydrogens is 439 g/mol. The Morgan fingerprint density at radius 2 is 2.00 bits per heavy atom. The third kappa shape index (κ3) is 2.57. The number of para-hydroxylation sites is 1. The fourth-order valence-electron chi connectivity index (χ4n) is 3.18. The summed E-state index contributed by atoms with van der Waals surface area (Å²) in [4.78, 5) is 3.35. The van der Waals surface area contributed by atoms with Gasteiger partial charge in [0.1, 0.15) is 0 Å². The number of nitrogens with one attached hydrogen (secondary N) is 1. The van der Waals surface area contributed by atoms with E-state index in [2.05, 4.69) is 67.5 Å². The van der Waals surface area contributed by atoms with Gasteiger partial charge in [0.15, 0.2) is 0 Å². The van der Waals surface area contributed by atoms with Crippen molar-refractivity contribution in [3.8, 4) is 0 Å². The highest BCUT2D eigenvalue weighted by atomic mass is 127. The van der Waals surface area contributed by atoms with E-state index in [-0.39, 0.29) is 0 Å². The molecule has 0 bridgehead atoms. The maximum Gasteiger partial charge on any atom is 0.0604 e. The minimum atomic E-state index is 0.777. The van der Waals surface area contributed by atoms with Crippen LogP contribution in [0.3, 0.4) is 0 Å². The number of aromatic amines is 1. The van der Waals surface area contributed by atoms with Gasteiger partial charge in [-0.2, -0.15) is 0 Å². The Morgan fingerprint density at radius 1 is 1.17 bits per heavy atom. The quantitative estimate of drug-likeness (QED) is 0.351. The smallest absolute Gasteiger partial charge is 0.0604 e. The normalized spacial score (nSPS) is 11.6. The molecule has 0 aliphatic heterocycles. The summed E-state index contributed by atoms with van der Waals surface area (Å²) in [6.45, 7) is 2.21. The van der Waals surface area contributed by atoms with Crippen LogP contribution < -0.4 is 0 Å². The molecule has 0 unspecified atom stereocenters. The second kappa shape index (κ2) is 6.07. The lowest BCUT2D eigenvalue weighted by molar-refractivity contribution is 1.07. The fraction of sp³-hybridized carbons (Fsp3) is 0.111. The maximum atomic E-state index is 6.18. The van der Waals surface area contributed by atoms with Crippen LogP contribution in [-0.4, -0.2) is 8.96 Å². The van der Waals surface area contributed by atoms with Crippen LogP contribution in [0.15, 0.2) is 48.7 Å². The van der Waals surface area contributed by atoms with Crippen LogP contribution in [0.2, 0.25) is 5.02 Å². The van der Waals surface area contributed by atoms with Gasteiger partial charge in [-0.15, -0.1) is 0 Å². The standard InChI is InChI=1S/C18H14ClIN2S/c1-11-14-4-2-3-5-17(14)22(23-20)18(11)8-12-10-21-16-7-6-13(19)9-15(12)16/h2-7,9-10,21H,8H2,1H3. The number of hydrogen-bond donors (Lipinski definition) is 1. The minimum Gasteiger partial charge on any atom is -0.361 e. The van der Waals surface area contributed by atoms with Crippen molar-refractivity contribution in [1.82, 2.24) is 8.96 Å². The Labute approximate surface area is 155 Å². The van der Waals surface area contributed by atoms with E-state index in [1.54, 1.807) is 9.12 Å². The van der Waals surface area contributed by atoms with E-state index in [1.807, 2.05) is 18.2 Å². The topological polar surface area (TPSA) is 20.7 Å². The number of rotatable bonds is 3. The van der Waals surface area contributed by atoms with Crippen molar-refractivity contribution >= 4 is 63.7 Å². The zero-order chi connectivity index (χ0) is 16.0. The van der Waals surface area contributed by atoms with E-state index in [1.165, 1.54) is 33.1 Å². The predicted octanol–water partition coefficient (Wildman–Crippen LogP) is 6.52. The first kappa shape index (κ1) is 15.4. The highest BCUT2D eigenvalue weighted by Crippen LogP contribution is 2.34. The Hall–Kier alpha value is -1.11. The number of halogens is 2.